The molecule has 6 rings (SSSR count). The zero-order valence-electron chi connectivity index (χ0n) is 14.1. The molecule has 5 aliphatic rings. The fourth-order valence-corrected chi connectivity index (χ4v) is 5.43. The smallest absolute Gasteiger partial charge is 0.239 e. The lowest BCUT2D eigenvalue weighted by Gasteiger charge is -2.58. The van der Waals surface area contributed by atoms with Crippen LogP contribution in [0.5, 0.6) is 0 Å². The minimum atomic E-state index is -0.688. The van der Waals surface area contributed by atoms with E-state index < -0.39 is 5.79 Å². The predicted molar refractivity (Wildman–Crippen MR) is 87.5 cm³/mol. The van der Waals surface area contributed by atoms with Gasteiger partial charge in [0.15, 0.2) is 13.5 Å². The topological polar surface area (TPSA) is 40.2 Å². The van der Waals surface area contributed by atoms with E-state index in [0.29, 0.717) is 25.3 Å². The predicted octanol–water partition coefficient (Wildman–Crippen LogP) is 3.78. The normalized spacial score (nSPS) is 37.5. The minimum Gasteiger partial charge on any atom is -0.320 e. The highest BCUT2D eigenvalue weighted by Gasteiger charge is 2.61. The van der Waals surface area contributed by atoms with Gasteiger partial charge in [-0.2, -0.15) is 9.78 Å². The molecule has 24 heavy (non-hydrogen) atoms. The molecule has 0 N–H and O–H groups in total. The Morgan fingerprint density at radius 3 is 1.92 bits per heavy atom. The van der Waals surface area contributed by atoms with Crippen LogP contribution in [0.4, 0.5) is 5.69 Å². The van der Waals surface area contributed by atoms with Gasteiger partial charge in [0.05, 0.1) is 0 Å². The van der Waals surface area contributed by atoms with Crippen molar-refractivity contribution in [2.24, 2.45) is 23.7 Å². The highest BCUT2D eigenvalue weighted by Crippen LogP contribution is 2.60. The van der Waals surface area contributed by atoms with Gasteiger partial charge < -0.3 is 4.90 Å². The van der Waals surface area contributed by atoms with Gasteiger partial charge in [-0.05, 0) is 63.0 Å². The SMILES string of the molecule is Cc1ccc(N2COOC3(OOC2)C2CC4CC(C2)CC3C4)cc1. The molecule has 1 heterocycles. The second kappa shape index (κ2) is 5.70. The van der Waals surface area contributed by atoms with Crippen molar-refractivity contribution in [3.8, 4) is 0 Å². The molecule has 130 valence electrons. The summed E-state index contributed by atoms with van der Waals surface area (Å²) in [5.41, 5.74) is 2.27. The molecular weight excluding hydrogens is 306 g/mol. The van der Waals surface area contributed by atoms with Crippen molar-refractivity contribution in [1.29, 1.82) is 0 Å². The minimum absolute atomic E-state index is 0.348. The molecule has 0 amide bonds. The third-order valence-electron chi connectivity index (χ3n) is 6.47. The zero-order chi connectivity index (χ0) is 16.1. The maximum atomic E-state index is 5.93. The summed E-state index contributed by atoms with van der Waals surface area (Å²) in [5.74, 6) is 1.81. The van der Waals surface area contributed by atoms with E-state index in [1.807, 2.05) is 4.90 Å². The number of nitrogens with zero attached hydrogens (tertiary/aromatic N) is 1. The number of hydrogen-bond donors (Lipinski definition) is 0. The Hall–Kier alpha value is -1.14. The molecule has 4 saturated carbocycles. The van der Waals surface area contributed by atoms with E-state index >= 15 is 0 Å². The number of benzene rings is 1. The Morgan fingerprint density at radius 1 is 0.833 bits per heavy atom. The van der Waals surface area contributed by atoms with Crippen molar-refractivity contribution >= 4 is 5.69 Å². The Morgan fingerprint density at radius 2 is 1.38 bits per heavy atom. The Bertz CT molecular complexity index is 562. The summed E-state index contributed by atoms with van der Waals surface area (Å²) >= 11 is 0. The van der Waals surface area contributed by atoms with Gasteiger partial charge in [-0.1, -0.05) is 17.7 Å². The third-order valence-corrected chi connectivity index (χ3v) is 6.47. The molecule has 1 aromatic rings. The van der Waals surface area contributed by atoms with Crippen molar-refractivity contribution in [3.63, 3.8) is 0 Å². The van der Waals surface area contributed by atoms with E-state index in [1.165, 1.54) is 37.7 Å². The standard InChI is InChI=1S/C19H25NO4/c1-13-2-4-18(5-3-13)20-11-21-23-19(24-22-12-20)16-7-14-6-15(9-16)10-17(19)8-14/h2-5,14-17H,6-12H2,1H3. The van der Waals surface area contributed by atoms with Crippen LogP contribution in [0.25, 0.3) is 0 Å². The van der Waals surface area contributed by atoms with Crippen LogP contribution in [0.2, 0.25) is 0 Å². The zero-order valence-corrected chi connectivity index (χ0v) is 14.1. The van der Waals surface area contributed by atoms with E-state index in [9.17, 15) is 0 Å². The van der Waals surface area contributed by atoms with Crippen LogP contribution in [0.1, 0.15) is 37.7 Å². The lowest BCUT2D eigenvalue weighted by Crippen LogP contribution is -2.61. The second-order valence-corrected chi connectivity index (χ2v) is 8.06. The van der Waals surface area contributed by atoms with Crippen LogP contribution in [-0.2, 0) is 19.6 Å². The fraction of sp³-hybridized carbons (Fsp3) is 0.684. The summed E-state index contributed by atoms with van der Waals surface area (Å²) in [6, 6.07) is 8.27. The first-order valence-corrected chi connectivity index (χ1v) is 9.16. The molecule has 5 nitrogen and oxygen atoms in total. The summed E-state index contributed by atoms with van der Waals surface area (Å²) in [6.07, 6.45) is 6.12. The number of rotatable bonds is 1. The molecular formula is C19H25NO4. The molecule has 0 radical (unpaired) electrons. The molecule has 5 heteroatoms. The lowest BCUT2D eigenvalue weighted by molar-refractivity contribution is -0.558. The van der Waals surface area contributed by atoms with Gasteiger partial charge in [-0.15, -0.1) is 0 Å². The highest BCUT2D eigenvalue weighted by molar-refractivity contribution is 5.46. The molecule has 1 aromatic carbocycles. The van der Waals surface area contributed by atoms with Gasteiger partial charge in [0.1, 0.15) is 0 Å². The van der Waals surface area contributed by atoms with Crippen LogP contribution in [-0.4, -0.2) is 19.2 Å². The van der Waals surface area contributed by atoms with Crippen molar-refractivity contribution in [2.75, 3.05) is 18.4 Å². The van der Waals surface area contributed by atoms with Gasteiger partial charge in [0.2, 0.25) is 5.79 Å². The molecule has 1 saturated heterocycles. The first-order valence-electron chi connectivity index (χ1n) is 9.16. The quantitative estimate of drug-likeness (QED) is 0.733. The molecule has 4 bridgehead atoms. The fourth-order valence-electron chi connectivity index (χ4n) is 5.43. The van der Waals surface area contributed by atoms with Gasteiger partial charge in [0.25, 0.3) is 0 Å². The van der Waals surface area contributed by atoms with Crippen molar-refractivity contribution < 1.29 is 19.6 Å². The average Bonchev–Trinajstić information content (AvgIpc) is 2.54. The Balaban J connectivity index is 1.31. The third kappa shape index (κ3) is 2.37. The van der Waals surface area contributed by atoms with Crippen LogP contribution in [0.15, 0.2) is 24.3 Å². The van der Waals surface area contributed by atoms with Gasteiger partial charge >= 0.3 is 0 Å². The van der Waals surface area contributed by atoms with Gasteiger partial charge in [-0.3, -0.25) is 0 Å². The van der Waals surface area contributed by atoms with E-state index in [2.05, 4.69) is 31.2 Å². The lowest BCUT2D eigenvalue weighted by atomic mass is 9.53. The molecule has 0 aromatic heterocycles. The van der Waals surface area contributed by atoms with E-state index in [4.69, 9.17) is 19.6 Å². The highest BCUT2D eigenvalue weighted by atomic mass is 17.3. The Kier molecular flexibility index (Phi) is 3.59. The molecule has 0 atom stereocenters. The van der Waals surface area contributed by atoms with Gasteiger partial charge in [-0.25, -0.2) is 9.78 Å². The Labute approximate surface area is 142 Å². The largest absolute Gasteiger partial charge is 0.320 e. The molecule has 4 aliphatic carbocycles. The maximum absolute atomic E-state index is 5.93. The van der Waals surface area contributed by atoms with E-state index in [0.717, 1.165) is 17.5 Å². The number of aryl methyl sites for hydroxylation is 1. The average molecular weight is 331 g/mol. The first kappa shape index (κ1) is 15.1. The van der Waals surface area contributed by atoms with Crippen molar-refractivity contribution in [1.82, 2.24) is 0 Å². The maximum Gasteiger partial charge on any atom is 0.239 e. The number of hydrogen-bond acceptors (Lipinski definition) is 5. The van der Waals surface area contributed by atoms with E-state index in [1.54, 1.807) is 0 Å². The summed E-state index contributed by atoms with van der Waals surface area (Å²) in [7, 11) is 0. The second-order valence-electron chi connectivity index (χ2n) is 8.06. The molecule has 1 spiro atoms. The summed E-state index contributed by atoms with van der Waals surface area (Å²) in [6.45, 7) is 2.77. The van der Waals surface area contributed by atoms with Crippen LogP contribution in [0.3, 0.4) is 0 Å². The van der Waals surface area contributed by atoms with Crippen LogP contribution in [0, 0.1) is 30.6 Å². The van der Waals surface area contributed by atoms with E-state index in [-0.39, 0.29) is 0 Å². The summed E-state index contributed by atoms with van der Waals surface area (Å²) in [4.78, 5) is 25.2. The monoisotopic (exact) mass is 331 g/mol. The molecule has 0 unspecified atom stereocenters. The van der Waals surface area contributed by atoms with Crippen molar-refractivity contribution in [3.05, 3.63) is 29.8 Å². The van der Waals surface area contributed by atoms with Gasteiger partial charge in [0, 0.05) is 17.5 Å². The summed E-state index contributed by atoms with van der Waals surface area (Å²) in [5, 5.41) is 0. The molecule has 1 aliphatic heterocycles. The van der Waals surface area contributed by atoms with Crippen LogP contribution >= 0.6 is 0 Å². The summed E-state index contributed by atoms with van der Waals surface area (Å²) < 4.78 is 0. The number of anilines is 1. The van der Waals surface area contributed by atoms with Crippen LogP contribution < -0.4 is 4.90 Å². The molecule has 5 fully saturated rings. The van der Waals surface area contributed by atoms with Crippen molar-refractivity contribution in [2.45, 2.75) is 44.8 Å². The first-order chi connectivity index (χ1) is 11.7.